The molecule has 8 heteroatoms. The van der Waals surface area contributed by atoms with Crippen LogP contribution >= 0.6 is 0 Å². The number of hydrogen-bond acceptors (Lipinski definition) is 3. The predicted molar refractivity (Wildman–Crippen MR) is 66.7 cm³/mol. The van der Waals surface area contributed by atoms with Gasteiger partial charge in [-0.15, -0.1) is 0 Å². The Hall–Kier alpha value is -2.64. The van der Waals surface area contributed by atoms with Gasteiger partial charge < -0.3 is 5.32 Å². The van der Waals surface area contributed by atoms with Gasteiger partial charge in [0.25, 0.3) is 5.69 Å². The minimum Gasteiger partial charge on any atom is -0.378 e. The molecule has 2 aromatic rings. The Morgan fingerprint density at radius 1 is 1.00 bits per heavy atom. The molecule has 0 spiro atoms. The fraction of sp³-hybridized carbons (Fsp3) is 0.0769. The second kappa shape index (κ2) is 5.78. The molecule has 2 aromatic carbocycles. The molecule has 2 rings (SSSR count). The van der Waals surface area contributed by atoms with Crippen LogP contribution in [0.2, 0.25) is 0 Å². The number of hydrogen-bond donors (Lipinski definition) is 1. The smallest absolute Gasteiger partial charge is 0.272 e. The summed E-state index contributed by atoms with van der Waals surface area (Å²) in [6.45, 7) is -0.238. The normalized spacial score (nSPS) is 10.5. The van der Waals surface area contributed by atoms with Crippen molar-refractivity contribution in [1.82, 2.24) is 0 Å². The number of nitrogens with zero attached hydrogens (tertiary/aromatic N) is 1. The lowest BCUT2D eigenvalue weighted by Gasteiger charge is -2.08. The average Bonchev–Trinajstić information content (AvgIpc) is 2.40. The third kappa shape index (κ3) is 3.47. The zero-order valence-electron chi connectivity index (χ0n) is 10.4. The SMILES string of the molecule is O=[N+]([O-])c1cc(F)cc(CNc2cc(F)cc(F)c2F)c1. The molecule has 0 atom stereocenters. The third-order valence-corrected chi connectivity index (χ3v) is 2.63. The molecular weight excluding hydrogens is 292 g/mol. The lowest BCUT2D eigenvalue weighted by molar-refractivity contribution is -0.385. The summed E-state index contributed by atoms with van der Waals surface area (Å²) in [5, 5.41) is 12.9. The van der Waals surface area contributed by atoms with E-state index < -0.39 is 39.6 Å². The van der Waals surface area contributed by atoms with Crippen molar-refractivity contribution in [2.24, 2.45) is 0 Å². The van der Waals surface area contributed by atoms with Gasteiger partial charge in [-0.2, -0.15) is 0 Å². The monoisotopic (exact) mass is 300 g/mol. The van der Waals surface area contributed by atoms with Crippen LogP contribution in [0.5, 0.6) is 0 Å². The summed E-state index contributed by atoms with van der Waals surface area (Å²) in [5.41, 5.74) is -0.803. The highest BCUT2D eigenvalue weighted by molar-refractivity contribution is 5.47. The Bertz CT molecular complexity index is 707. The molecule has 0 amide bonds. The highest BCUT2D eigenvalue weighted by Crippen LogP contribution is 2.21. The lowest BCUT2D eigenvalue weighted by Crippen LogP contribution is -2.04. The average molecular weight is 300 g/mol. The van der Waals surface area contributed by atoms with Gasteiger partial charge in [-0.25, -0.2) is 17.6 Å². The molecule has 4 nitrogen and oxygen atoms in total. The van der Waals surface area contributed by atoms with Crippen LogP contribution in [0.4, 0.5) is 28.9 Å². The van der Waals surface area contributed by atoms with Crippen molar-refractivity contribution in [3.05, 3.63) is 69.3 Å². The summed E-state index contributed by atoms with van der Waals surface area (Å²) in [5.74, 6) is -4.49. The minimum atomic E-state index is -1.37. The van der Waals surface area contributed by atoms with Gasteiger partial charge in [0.15, 0.2) is 11.6 Å². The van der Waals surface area contributed by atoms with Crippen LogP contribution < -0.4 is 5.32 Å². The van der Waals surface area contributed by atoms with Gasteiger partial charge in [0.2, 0.25) is 0 Å². The van der Waals surface area contributed by atoms with Crippen molar-refractivity contribution in [3.8, 4) is 0 Å². The number of nitrogens with one attached hydrogen (secondary N) is 1. The highest BCUT2D eigenvalue weighted by atomic mass is 19.2. The number of benzene rings is 2. The first-order valence-electron chi connectivity index (χ1n) is 5.69. The van der Waals surface area contributed by atoms with Crippen LogP contribution in [-0.4, -0.2) is 4.92 Å². The van der Waals surface area contributed by atoms with Crippen molar-refractivity contribution < 1.29 is 22.5 Å². The molecular formula is C13H8F4N2O2. The van der Waals surface area contributed by atoms with Crippen LogP contribution in [0.1, 0.15) is 5.56 Å². The van der Waals surface area contributed by atoms with Crippen molar-refractivity contribution >= 4 is 11.4 Å². The summed E-state index contributed by atoms with van der Waals surface area (Å²) < 4.78 is 52.5. The molecule has 0 fully saturated rings. The summed E-state index contributed by atoms with van der Waals surface area (Å²) in [6, 6.07) is 3.91. The topological polar surface area (TPSA) is 55.2 Å². The molecule has 0 saturated carbocycles. The van der Waals surface area contributed by atoms with E-state index in [4.69, 9.17) is 0 Å². The van der Waals surface area contributed by atoms with E-state index in [0.717, 1.165) is 24.3 Å². The van der Waals surface area contributed by atoms with E-state index in [1.807, 2.05) is 0 Å². The molecule has 0 heterocycles. The van der Waals surface area contributed by atoms with E-state index in [9.17, 15) is 27.7 Å². The van der Waals surface area contributed by atoms with Gasteiger partial charge in [-0.05, 0) is 11.6 Å². The third-order valence-electron chi connectivity index (χ3n) is 2.63. The Morgan fingerprint density at radius 2 is 1.67 bits per heavy atom. The number of non-ortho nitro benzene ring substituents is 1. The highest BCUT2D eigenvalue weighted by Gasteiger charge is 2.13. The van der Waals surface area contributed by atoms with Gasteiger partial charge in [0.05, 0.1) is 16.7 Å². The Morgan fingerprint density at radius 3 is 2.33 bits per heavy atom. The number of rotatable bonds is 4. The molecule has 21 heavy (non-hydrogen) atoms. The molecule has 1 N–H and O–H groups in total. The van der Waals surface area contributed by atoms with Crippen LogP contribution in [0.3, 0.4) is 0 Å². The van der Waals surface area contributed by atoms with Gasteiger partial charge in [0, 0.05) is 24.7 Å². The van der Waals surface area contributed by atoms with Crippen molar-refractivity contribution in [3.63, 3.8) is 0 Å². The number of halogens is 4. The first-order valence-corrected chi connectivity index (χ1v) is 5.69. The standard InChI is InChI=1S/C13H8F4N2O2/c14-8-1-7(2-10(3-8)19(20)21)6-18-12-5-9(15)4-11(16)13(12)17/h1-5,18H,6H2. The van der Waals surface area contributed by atoms with Crippen LogP contribution in [-0.2, 0) is 6.54 Å². The first-order chi connectivity index (χ1) is 9.86. The largest absolute Gasteiger partial charge is 0.378 e. The zero-order chi connectivity index (χ0) is 15.6. The van der Waals surface area contributed by atoms with Crippen molar-refractivity contribution in [2.45, 2.75) is 6.54 Å². The summed E-state index contributed by atoms with van der Waals surface area (Å²) in [7, 11) is 0. The van der Waals surface area contributed by atoms with Crippen molar-refractivity contribution in [2.75, 3.05) is 5.32 Å². The van der Waals surface area contributed by atoms with Gasteiger partial charge in [-0.3, -0.25) is 10.1 Å². The van der Waals surface area contributed by atoms with Crippen LogP contribution in [0, 0.1) is 33.4 Å². The molecule has 0 aliphatic rings. The number of nitro groups is 1. The molecule has 0 radical (unpaired) electrons. The number of nitro benzene ring substituents is 1. The maximum Gasteiger partial charge on any atom is 0.272 e. The molecule has 0 bridgehead atoms. The molecule has 0 aliphatic carbocycles. The maximum atomic E-state index is 13.4. The molecule has 0 aromatic heterocycles. The first kappa shape index (κ1) is 14.8. The maximum absolute atomic E-state index is 13.4. The van der Waals surface area contributed by atoms with Gasteiger partial charge in [-0.1, -0.05) is 0 Å². The lowest BCUT2D eigenvalue weighted by atomic mass is 10.2. The fourth-order valence-corrected chi connectivity index (χ4v) is 1.72. The van der Waals surface area contributed by atoms with Gasteiger partial charge >= 0.3 is 0 Å². The van der Waals surface area contributed by atoms with Crippen LogP contribution in [0.15, 0.2) is 30.3 Å². The Labute approximate surface area is 116 Å². The predicted octanol–water partition coefficient (Wildman–Crippen LogP) is 3.76. The molecule has 0 saturated heterocycles. The fourth-order valence-electron chi connectivity index (χ4n) is 1.72. The van der Waals surface area contributed by atoms with E-state index in [2.05, 4.69) is 5.32 Å². The second-order valence-electron chi connectivity index (χ2n) is 4.18. The van der Waals surface area contributed by atoms with E-state index in [1.165, 1.54) is 0 Å². The van der Waals surface area contributed by atoms with Crippen molar-refractivity contribution in [1.29, 1.82) is 0 Å². The van der Waals surface area contributed by atoms with E-state index >= 15 is 0 Å². The summed E-state index contributed by atoms with van der Waals surface area (Å²) >= 11 is 0. The molecule has 0 aliphatic heterocycles. The van der Waals surface area contributed by atoms with E-state index in [1.54, 1.807) is 0 Å². The molecule has 110 valence electrons. The van der Waals surface area contributed by atoms with Crippen LogP contribution in [0.25, 0.3) is 0 Å². The molecule has 0 unspecified atom stereocenters. The van der Waals surface area contributed by atoms with Gasteiger partial charge in [0.1, 0.15) is 11.6 Å². The van der Waals surface area contributed by atoms with E-state index in [-0.39, 0.29) is 12.1 Å². The minimum absolute atomic E-state index is 0.130. The zero-order valence-corrected chi connectivity index (χ0v) is 10.4. The van der Waals surface area contributed by atoms with E-state index in [0.29, 0.717) is 6.07 Å². The Balaban J connectivity index is 2.22. The summed E-state index contributed by atoms with van der Waals surface area (Å²) in [6.07, 6.45) is 0. The summed E-state index contributed by atoms with van der Waals surface area (Å²) in [4.78, 5) is 9.80. The number of anilines is 1. The quantitative estimate of drug-likeness (QED) is 0.405. The Kier molecular flexibility index (Phi) is 4.06. The second-order valence-corrected chi connectivity index (χ2v) is 4.18.